The molecule has 0 atom stereocenters. The van der Waals surface area contributed by atoms with E-state index in [2.05, 4.69) is 15.6 Å². The minimum atomic E-state index is -0.357. The van der Waals surface area contributed by atoms with Crippen molar-refractivity contribution in [1.82, 2.24) is 15.6 Å². The van der Waals surface area contributed by atoms with Gasteiger partial charge < -0.3 is 21.6 Å². The SMILES string of the molecule is Cc1cnc(C(=O)NCCNCCN)c[n+]1[O-]. The number of aryl methyl sites for hydroxylation is 1. The zero-order valence-electron chi connectivity index (χ0n) is 9.77. The van der Waals surface area contributed by atoms with Crippen LogP contribution in [0.25, 0.3) is 0 Å². The molecule has 0 aliphatic carbocycles. The molecule has 0 bridgehead atoms. The van der Waals surface area contributed by atoms with Crippen molar-refractivity contribution in [3.63, 3.8) is 0 Å². The van der Waals surface area contributed by atoms with Crippen molar-refractivity contribution in [3.8, 4) is 0 Å². The number of hydrogen-bond donors (Lipinski definition) is 3. The smallest absolute Gasteiger partial charge is 0.276 e. The van der Waals surface area contributed by atoms with E-state index in [9.17, 15) is 10.0 Å². The van der Waals surface area contributed by atoms with Gasteiger partial charge in [0.2, 0.25) is 11.9 Å². The molecule has 0 saturated carbocycles. The van der Waals surface area contributed by atoms with Crippen LogP contribution in [0.3, 0.4) is 0 Å². The van der Waals surface area contributed by atoms with Crippen LogP contribution < -0.4 is 21.1 Å². The number of carbonyl (C=O) groups is 1. The number of nitrogens with two attached hydrogens (primary N) is 1. The van der Waals surface area contributed by atoms with Crippen molar-refractivity contribution in [2.75, 3.05) is 26.2 Å². The van der Waals surface area contributed by atoms with Crippen LogP contribution >= 0.6 is 0 Å². The van der Waals surface area contributed by atoms with Crippen LogP contribution in [0, 0.1) is 12.1 Å². The van der Waals surface area contributed by atoms with E-state index >= 15 is 0 Å². The molecule has 0 aromatic carbocycles. The Morgan fingerprint density at radius 1 is 1.53 bits per heavy atom. The summed E-state index contributed by atoms with van der Waals surface area (Å²) in [5.41, 5.74) is 5.86. The number of carbonyl (C=O) groups excluding carboxylic acids is 1. The lowest BCUT2D eigenvalue weighted by Gasteiger charge is -2.06. The highest BCUT2D eigenvalue weighted by molar-refractivity contribution is 5.91. The predicted molar refractivity (Wildman–Crippen MR) is 62.2 cm³/mol. The fourth-order valence-corrected chi connectivity index (χ4v) is 1.17. The molecule has 0 aliphatic rings. The van der Waals surface area contributed by atoms with Gasteiger partial charge in [-0.25, -0.2) is 4.98 Å². The van der Waals surface area contributed by atoms with Crippen LogP contribution in [0.2, 0.25) is 0 Å². The molecule has 0 saturated heterocycles. The first-order valence-corrected chi connectivity index (χ1v) is 5.40. The molecule has 1 aromatic heterocycles. The largest absolute Gasteiger partial charge is 0.618 e. The van der Waals surface area contributed by atoms with E-state index < -0.39 is 0 Å². The first-order chi connectivity index (χ1) is 8.15. The summed E-state index contributed by atoms with van der Waals surface area (Å²) in [5, 5.41) is 16.9. The van der Waals surface area contributed by atoms with Gasteiger partial charge in [-0.1, -0.05) is 0 Å². The number of nitrogens with one attached hydrogen (secondary N) is 2. The molecule has 0 unspecified atom stereocenters. The second-order valence-corrected chi connectivity index (χ2v) is 3.53. The quantitative estimate of drug-likeness (QED) is 0.312. The summed E-state index contributed by atoms with van der Waals surface area (Å²) in [6.07, 6.45) is 2.53. The van der Waals surface area contributed by atoms with Gasteiger partial charge in [-0.05, 0) is 0 Å². The molecular formula is C10H17N5O2. The molecule has 1 heterocycles. The third kappa shape index (κ3) is 4.33. The zero-order chi connectivity index (χ0) is 12.7. The zero-order valence-corrected chi connectivity index (χ0v) is 9.77. The molecule has 4 N–H and O–H groups in total. The van der Waals surface area contributed by atoms with Crippen molar-refractivity contribution in [2.24, 2.45) is 5.73 Å². The maximum atomic E-state index is 11.6. The summed E-state index contributed by atoms with van der Waals surface area (Å²) in [6, 6.07) is 0. The lowest BCUT2D eigenvalue weighted by Crippen LogP contribution is -2.37. The van der Waals surface area contributed by atoms with Crippen LogP contribution in [-0.2, 0) is 0 Å². The van der Waals surface area contributed by atoms with Gasteiger partial charge in [-0.2, -0.15) is 4.73 Å². The Hall–Kier alpha value is -1.73. The number of rotatable bonds is 6. The summed E-state index contributed by atoms with van der Waals surface area (Å²) in [5.74, 6) is -0.357. The summed E-state index contributed by atoms with van der Waals surface area (Å²) >= 11 is 0. The Morgan fingerprint density at radius 2 is 2.29 bits per heavy atom. The van der Waals surface area contributed by atoms with Gasteiger partial charge in [0.1, 0.15) is 0 Å². The fourth-order valence-electron chi connectivity index (χ4n) is 1.17. The van der Waals surface area contributed by atoms with Gasteiger partial charge in [0.25, 0.3) is 5.91 Å². The van der Waals surface area contributed by atoms with Crippen molar-refractivity contribution >= 4 is 5.91 Å². The van der Waals surface area contributed by atoms with E-state index in [-0.39, 0.29) is 11.6 Å². The minimum Gasteiger partial charge on any atom is -0.618 e. The average Bonchev–Trinajstić information content (AvgIpc) is 2.32. The van der Waals surface area contributed by atoms with Gasteiger partial charge >= 0.3 is 0 Å². The average molecular weight is 239 g/mol. The van der Waals surface area contributed by atoms with Crippen molar-refractivity contribution in [1.29, 1.82) is 0 Å². The van der Waals surface area contributed by atoms with Crippen LogP contribution in [0.5, 0.6) is 0 Å². The van der Waals surface area contributed by atoms with Gasteiger partial charge in [0.15, 0.2) is 5.69 Å². The summed E-state index contributed by atoms with van der Waals surface area (Å²) in [6.45, 7) is 3.99. The standard InChI is InChI=1S/C10H17N5O2/c1-8-6-14-9(7-15(8)17)10(16)13-5-4-12-3-2-11/h6-7,12H,2-5,11H2,1H3,(H,13,16). The molecule has 0 aliphatic heterocycles. The highest BCUT2D eigenvalue weighted by Crippen LogP contribution is 1.91. The lowest BCUT2D eigenvalue weighted by atomic mass is 10.4. The van der Waals surface area contributed by atoms with Crippen LogP contribution in [0.4, 0.5) is 0 Å². The van der Waals surface area contributed by atoms with E-state index in [1.54, 1.807) is 6.92 Å². The molecule has 1 aromatic rings. The Labute approximate surface area is 99.6 Å². The molecule has 17 heavy (non-hydrogen) atoms. The topological polar surface area (TPSA) is 107 Å². The highest BCUT2D eigenvalue weighted by Gasteiger charge is 2.11. The number of hydrogen-bond acceptors (Lipinski definition) is 5. The summed E-state index contributed by atoms with van der Waals surface area (Å²) < 4.78 is 0.620. The second-order valence-electron chi connectivity index (χ2n) is 3.53. The van der Waals surface area contributed by atoms with Crippen LogP contribution in [0.1, 0.15) is 16.2 Å². The molecule has 94 valence electrons. The predicted octanol–water partition coefficient (Wildman–Crippen LogP) is -1.70. The van der Waals surface area contributed by atoms with Crippen molar-refractivity contribution < 1.29 is 9.52 Å². The molecule has 1 rings (SSSR count). The normalized spacial score (nSPS) is 10.2. The molecule has 0 spiro atoms. The van der Waals surface area contributed by atoms with Crippen molar-refractivity contribution in [2.45, 2.75) is 6.92 Å². The third-order valence-electron chi connectivity index (χ3n) is 2.12. The van der Waals surface area contributed by atoms with Crippen LogP contribution in [0.15, 0.2) is 12.4 Å². The summed E-state index contributed by atoms with van der Waals surface area (Å²) in [7, 11) is 0. The van der Waals surface area contributed by atoms with Crippen LogP contribution in [-0.4, -0.2) is 37.1 Å². The van der Waals surface area contributed by atoms with Gasteiger partial charge in [-0.3, -0.25) is 4.79 Å². The Bertz CT molecular complexity index is 383. The molecule has 7 heteroatoms. The molecule has 7 nitrogen and oxygen atoms in total. The molecule has 1 amide bonds. The summed E-state index contributed by atoms with van der Waals surface area (Å²) in [4.78, 5) is 15.4. The Kier molecular flexibility index (Phi) is 5.31. The maximum absolute atomic E-state index is 11.6. The molecule has 0 radical (unpaired) electrons. The molecular weight excluding hydrogens is 222 g/mol. The van der Waals surface area contributed by atoms with Gasteiger partial charge in [0.05, 0.1) is 6.20 Å². The maximum Gasteiger partial charge on any atom is 0.276 e. The number of aromatic nitrogens is 2. The van der Waals surface area contributed by atoms with Gasteiger partial charge in [-0.15, -0.1) is 0 Å². The van der Waals surface area contributed by atoms with E-state index in [0.717, 1.165) is 6.20 Å². The fraction of sp³-hybridized carbons (Fsp3) is 0.500. The molecule has 0 fully saturated rings. The Morgan fingerprint density at radius 3 is 2.94 bits per heavy atom. The lowest BCUT2D eigenvalue weighted by molar-refractivity contribution is -0.613. The highest BCUT2D eigenvalue weighted by atomic mass is 16.5. The number of amides is 1. The second kappa shape index (κ2) is 6.77. The van der Waals surface area contributed by atoms with E-state index in [1.165, 1.54) is 6.20 Å². The van der Waals surface area contributed by atoms with E-state index in [0.29, 0.717) is 36.6 Å². The minimum absolute atomic E-state index is 0.115. The third-order valence-corrected chi connectivity index (χ3v) is 2.12. The Balaban J connectivity index is 2.39. The van der Waals surface area contributed by atoms with E-state index in [1.807, 2.05) is 0 Å². The van der Waals surface area contributed by atoms with E-state index in [4.69, 9.17) is 5.73 Å². The number of nitrogens with zero attached hydrogens (tertiary/aromatic N) is 2. The first-order valence-electron chi connectivity index (χ1n) is 5.40. The van der Waals surface area contributed by atoms with Gasteiger partial charge in [0, 0.05) is 33.1 Å². The first kappa shape index (κ1) is 13.3. The van der Waals surface area contributed by atoms with Crippen molar-refractivity contribution in [3.05, 3.63) is 29.0 Å². The monoisotopic (exact) mass is 239 g/mol.